The fourth-order valence-electron chi connectivity index (χ4n) is 7.98. The van der Waals surface area contributed by atoms with Crippen LogP contribution in [0, 0.1) is 35.0 Å². The van der Waals surface area contributed by atoms with E-state index in [9.17, 15) is 4.79 Å². The Labute approximate surface area is 165 Å². The van der Waals surface area contributed by atoms with Gasteiger partial charge in [0.2, 0.25) is 5.91 Å². The molecule has 4 aliphatic carbocycles. The topological polar surface area (TPSA) is 20.3 Å². The molecule has 138 valence electrons. The first-order chi connectivity index (χ1) is 12.5. The normalized spacial score (nSPS) is 45.3. The van der Waals surface area contributed by atoms with Crippen LogP contribution in [0.3, 0.4) is 0 Å². The highest BCUT2D eigenvalue weighted by molar-refractivity contribution is 6.35. The maximum Gasteiger partial charge on any atom is 0.226 e. The van der Waals surface area contributed by atoms with Gasteiger partial charge in [0.1, 0.15) is 0 Å². The van der Waals surface area contributed by atoms with Crippen LogP contribution in [0.5, 0.6) is 0 Å². The van der Waals surface area contributed by atoms with Gasteiger partial charge in [0.15, 0.2) is 0 Å². The van der Waals surface area contributed by atoms with Gasteiger partial charge >= 0.3 is 0 Å². The van der Waals surface area contributed by atoms with E-state index in [0.717, 1.165) is 48.6 Å². The van der Waals surface area contributed by atoms with Crippen LogP contribution in [0.1, 0.15) is 44.1 Å². The molecule has 0 aromatic heterocycles. The third kappa shape index (κ3) is 2.04. The van der Waals surface area contributed by atoms with Crippen LogP contribution in [0.25, 0.3) is 0 Å². The molecular weight excluding hydrogens is 365 g/mol. The van der Waals surface area contributed by atoms with Crippen molar-refractivity contribution in [1.29, 1.82) is 0 Å². The first-order valence-electron chi connectivity index (χ1n) is 10.3. The van der Waals surface area contributed by atoms with Gasteiger partial charge in [-0.1, -0.05) is 29.3 Å². The molecular formula is C22H25Cl2NO. The second-order valence-electron chi connectivity index (χ2n) is 9.74. The van der Waals surface area contributed by atoms with Crippen LogP contribution in [0.4, 0.5) is 0 Å². The molecule has 5 atom stereocenters. The van der Waals surface area contributed by atoms with Gasteiger partial charge in [-0.3, -0.25) is 4.79 Å². The van der Waals surface area contributed by atoms with Crippen LogP contribution in [-0.2, 0) is 11.2 Å². The van der Waals surface area contributed by atoms with Crippen molar-refractivity contribution >= 4 is 29.1 Å². The maximum atomic E-state index is 13.2. The predicted octanol–water partition coefficient (Wildman–Crippen LogP) is 5.21. The van der Waals surface area contributed by atoms with E-state index >= 15 is 0 Å². The average molecular weight is 390 g/mol. The third-order valence-electron chi connectivity index (χ3n) is 8.67. The first kappa shape index (κ1) is 16.2. The number of hydrogen-bond donors (Lipinski definition) is 0. The fourth-order valence-corrected chi connectivity index (χ4v) is 8.47. The summed E-state index contributed by atoms with van der Waals surface area (Å²) in [6.07, 6.45) is 8.96. The molecule has 1 heterocycles. The molecule has 5 aliphatic rings. The van der Waals surface area contributed by atoms with Gasteiger partial charge in [0.25, 0.3) is 0 Å². The number of halogens is 2. The Morgan fingerprint density at radius 2 is 1.81 bits per heavy atom. The number of carbonyl (C=O) groups excluding carboxylic acids is 1. The van der Waals surface area contributed by atoms with E-state index in [1.165, 1.54) is 32.1 Å². The Bertz CT molecular complexity index is 768. The monoisotopic (exact) mass is 389 g/mol. The van der Waals surface area contributed by atoms with E-state index in [4.69, 9.17) is 23.2 Å². The van der Waals surface area contributed by atoms with Crippen LogP contribution in [0.15, 0.2) is 18.2 Å². The number of fused-ring (bicyclic) bond motifs is 2. The number of nitrogens with zero attached hydrogens (tertiary/aromatic N) is 1. The van der Waals surface area contributed by atoms with Gasteiger partial charge in [0.05, 0.1) is 0 Å². The van der Waals surface area contributed by atoms with E-state index < -0.39 is 0 Å². The number of rotatable bonds is 3. The van der Waals surface area contributed by atoms with Crippen molar-refractivity contribution < 1.29 is 4.79 Å². The molecule has 4 saturated carbocycles. The molecule has 26 heavy (non-hydrogen) atoms. The molecule has 3 bridgehead atoms. The summed E-state index contributed by atoms with van der Waals surface area (Å²) in [7, 11) is 0. The lowest BCUT2D eigenvalue weighted by molar-refractivity contribution is -0.150. The zero-order valence-electron chi connectivity index (χ0n) is 15.0. The zero-order chi connectivity index (χ0) is 17.6. The van der Waals surface area contributed by atoms with Gasteiger partial charge in [-0.2, -0.15) is 0 Å². The van der Waals surface area contributed by atoms with Crippen molar-refractivity contribution in [2.45, 2.75) is 51.0 Å². The second kappa shape index (κ2) is 5.41. The average Bonchev–Trinajstić information content (AvgIpc) is 3.14. The summed E-state index contributed by atoms with van der Waals surface area (Å²) >= 11 is 12.4. The van der Waals surface area contributed by atoms with E-state index in [1.54, 1.807) is 6.07 Å². The summed E-state index contributed by atoms with van der Waals surface area (Å²) in [5, 5.41) is 1.35. The zero-order valence-corrected chi connectivity index (χ0v) is 16.5. The van der Waals surface area contributed by atoms with E-state index in [-0.39, 0.29) is 5.92 Å². The highest BCUT2D eigenvalue weighted by Crippen LogP contribution is 2.76. The minimum atomic E-state index is 0.0982. The van der Waals surface area contributed by atoms with Crippen LogP contribution in [-0.4, -0.2) is 23.4 Å². The smallest absolute Gasteiger partial charge is 0.226 e. The van der Waals surface area contributed by atoms with Crippen molar-refractivity contribution in [3.8, 4) is 0 Å². The molecule has 0 N–H and O–H groups in total. The van der Waals surface area contributed by atoms with Gasteiger partial charge in [-0.05, 0) is 91.7 Å². The highest BCUT2D eigenvalue weighted by Gasteiger charge is 2.72. The fraction of sp³-hybridized carbons (Fsp3) is 0.682. The van der Waals surface area contributed by atoms with Crippen molar-refractivity contribution in [3.05, 3.63) is 33.8 Å². The molecule has 1 aliphatic heterocycles. The lowest BCUT2D eigenvalue weighted by Gasteiger charge is -2.59. The number of benzene rings is 1. The molecule has 5 unspecified atom stereocenters. The number of likely N-dealkylation sites (tertiary alicyclic amines) is 1. The summed E-state index contributed by atoms with van der Waals surface area (Å²) in [6, 6.07) is 6.21. The number of hydrogen-bond acceptors (Lipinski definition) is 1. The van der Waals surface area contributed by atoms with E-state index in [2.05, 4.69) is 4.90 Å². The van der Waals surface area contributed by atoms with Crippen LogP contribution < -0.4 is 0 Å². The largest absolute Gasteiger partial charge is 0.339 e. The summed E-state index contributed by atoms with van der Waals surface area (Å²) in [6.45, 7) is 0.956. The summed E-state index contributed by atoms with van der Waals surface area (Å²) in [4.78, 5) is 15.6. The van der Waals surface area contributed by atoms with Gasteiger partial charge in [-0.15, -0.1) is 0 Å². The SMILES string of the molecule is O=C1C(Cc2ccc(Cl)cc2Cl)CCN1C1C2CC3CC4CC1C2(C3)C4. The van der Waals surface area contributed by atoms with Gasteiger partial charge in [0, 0.05) is 28.5 Å². The Morgan fingerprint density at radius 3 is 2.50 bits per heavy atom. The molecule has 1 aromatic carbocycles. The Morgan fingerprint density at radius 1 is 1.08 bits per heavy atom. The number of carbonyl (C=O) groups is 1. The van der Waals surface area contributed by atoms with Gasteiger partial charge < -0.3 is 4.90 Å². The molecule has 1 saturated heterocycles. The molecule has 1 aromatic rings. The van der Waals surface area contributed by atoms with Crippen molar-refractivity contribution in [1.82, 2.24) is 4.90 Å². The summed E-state index contributed by atoms with van der Waals surface area (Å²) in [5.41, 5.74) is 1.71. The highest BCUT2D eigenvalue weighted by atomic mass is 35.5. The number of amides is 1. The first-order valence-corrected chi connectivity index (χ1v) is 11.0. The Balaban J connectivity index is 1.21. The van der Waals surface area contributed by atoms with Crippen molar-refractivity contribution in [2.24, 2.45) is 35.0 Å². The maximum absolute atomic E-state index is 13.2. The lowest BCUT2D eigenvalue weighted by Crippen LogP contribution is -2.62. The minimum Gasteiger partial charge on any atom is -0.339 e. The molecule has 6 rings (SSSR count). The quantitative estimate of drug-likeness (QED) is 0.694. The molecule has 0 radical (unpaired) electrons. The van der Waals surface area contributed by atoms with Crippen molar-refractivity contribution in [2.75, 3.05) is 6.54 Å². The second-order valence-corrected chi connectivity index (χ2v) is 10.6. The Kier molecular flexibility index (Phi) is 3.38. The van der Waals surface area contributed by atoms with Crippen LogP contribution >= 0.6 is 23.2 Å². The molecule has 5 fully saturated rings. The van der Waals surface area contributed by atoms with Gasteiger partial charge in [-0.25, -0.2) is 0 Å². The predicted molar refractivity (Wildman–Crippen MR) is 103 cm³/mol. The van der Waals surface area contributed by atoms with E-state index in [0.29, 0.717) is 27.4 Å². The summed E-state index contributed by atoms with van der Waals surface area (Å²) in [5.74, 6) is 4.05. The Hall–Kier alpha value is -0.730. The molecule has 1 spiro atoms. The minimum absolute atomic E-state index is 0.0982. The molecule has 1 amide bonds. The molecule has 2 nitrogen and oxygen atoms in total. The standard InChI is InChI=1S/C22H25Cl2NO/c23-16-2-1-14(19(24)9-16)8-15-3-4-25(21(15)26)20-17-6-12-5-13-7-18(20)22(17,10-12)11-13/h1-2,9,12-13,15,17-18,20H,3-8,10-11H2. The van der Waals surface area contributed by atoms with Crippen LogP contribution in [0.2, 0.25) is 10.0 Å². The third-order valence-corrected chi connectivity index (χ3v) is 9.26. The van der Waals surface area contributed by atoms with Crippen molar-refractivity contribution in [3.63, 3.8) is 0 Å². The summed E-state index contributed by atoms with van der Waals surface area (Å²) < 4.78 is 0. The van der Waals surface area contributed by atoms with E-state index in [1.807, 2.05) is 12.1 Å². The lowest BCUT2D eigenvalue weighted by atomic mass is 9.52. The molecule has 4 heteroatoms.